The van der Waals surface area contributed by atoms with E-state index in [0.29, 0.717) is 17.0 Å². The number of aromatic nitrogens is 1. The molecule has 25 heavy (non-hydrogen) atoms. The van der Waals surface area contributed by atoms with E-state index < -0.39 is 11.5 Å². The third-order valence-electron chi connectivity index (χ3n) is 3.89. The number of hydrogen-bond donors (Lipinski definition) is 2. The molecule has 2 heterocycles. The maximum Gasteiger partial charge on any atom is 0.261 e. The van der Waals surface area contributed by atoms with Crippen LogP contribution in [0.1, 0.15) is 33.9 Å². The lowest BCUT2D eigenvalue weighted by molar-refractivity contribution is 0.0933. The molecule has 0 saturated heterocycles. The molecule has 1 atom stereocenters. The van der Waals surface area contributed by atoms with E-state index in [9.17, 15) is 14.0 Å². The highest BCUT2D eigenvalue weighted by Crippen LogP contribution is 2.36. The van der Waals surface area contributed by atoms with E-state index in [0.717, 1.165) is 10.6 Å². The monoisotopic (exact) mass is 375 g/mol. The number of amides is 1. The van der Waals surface area contributed by atoms with E-state index >= 15 is 0 Å². The zero-order valence-corrected chi connectivity index (χ0v) is 14.9. The van der Waals surface area contributed by atoms with Crippen molar-refractivity contribution in [2.24, 2.45) is 0 Å². The van der Waals surface area contributed by atoms with Gasteiger partial charge in [0.15, 0.2) is 0 Å². The highest BCUT2D eigenvalue weighted by Gasteiger charge is 2.24. The molecule has 3 rings (SSSR count). The smallest absolute Gasteiger partial charge is 0.261 e. The maximum absolute atomic E-state index is 13.6. The maximum atomic E-state index is 13.6. The molecule has 0 bridgehead atoms. The van der Waals surface area contributed by atoms with E-state index in [2.05, 4.69) is 10.3 Å². The number of carbonyl (C=O) groups excluding carboxylic acids is 1. The van der Waals surface area contributed by atoms with Gasteiger partial charge >= 0.3 is 0 Å². The Morgan fingerprint density at radius 2 is 2.28 bits per heavy atom. The molecule has 0 radical (unpaired) electrons. The van der Waals surface area contributed by atoms with Crippen LogP contribution >= 0.6 is 23.5 Å². The second-order valence-electron chi connectivity index (χ2n) is 5.42. The normalized spacial score (nSPS) is 16.0. The topological polar surface area (TPSA) is 85.8 Å². The van der Waals surface area contributed by atoms with Gasteiger partial charge in [-0.15, -0.1) is 23.5 Å². The lowest BCUT2D eigenvalue weighted by Crippen LogP contribution is -2.34. The van der Waals surface area contributed by atoms with Gasteiger partial charge in [-0.2, -0.15) is 5.26 Å². The summed E-state index contributed by atoms with van der Waals surface area (Å²) >= 11 is 2.83. The zero-order chi connectivity index (χ0) is 18.0. The molecule has 2 N–H and O–H groups in total. The van der Waals surface area contributed by atoms with Crippen LogP contribution in [0, 0.1) is 17.1 Å². The molecule has 0 fully saturated rings. The van der Waals surface area contributed by atoms with Crippen LogP contribution in [0.15, 0.2) is 39.0 Å². The van der Waals surface area contributed by atoms with Gasteiger partial charge in [0.25, 0.3) is 11.5 Å². The lowest BCUT2D eigenvalue weighted by atomic mass is 10.0. The van der Waals surface area contributed by atoms with Gasteiger partial charge < -0.3 is 10.3 Å². The molecule has 128 valence electrons. The number of carbonyl (C=O) groups is 1. The first-order valence-electron chi connectivity index (χ1n) is 7.48. The van der Waals surface area contributed by atoms with Crippen molar-refractivity contribution in [1.82, 2.24) is 10.3 Å². The van der Waals surface area contributed by atoms with Gasteiger partial charge in [-0.25, -0.2) is 4.39 Å². The number of halogens is 1. The Balaban J connectivity index is 1.91. The summed E-state index contributed by atoms with van der Waals surface area (Å²) < 4.78 is 13.6. The summed E-state index contributed by atoms with van der Waals surface area (Å²) in [5.41, 5.74) is 0.279. The van der Waals surface area contributed by atoms with Gasteiger partial charge in [-0.05, 0) is 42.5 Å². The van der Waals surface area contributed by atoms with E-state index in [1.54, 1.807) is 24.1 Å². The van der Waals surface area contributed by atoms with Crippen molar-refractivity contribution in [2.75, 3.05) is 12.0 Å². The number of pyridine rings is 1. The summed E-state index contributed by atoms with van der Waals surface area (Å²) in [6.07, 6.45) is 2.37. The minimum Gasteiger partial charge on any atom is -0.345 e. The molecule has 1 aromatic heterocycles. The molecular weight excluding hydrogens is 361 g/mol. The number of rotatable bonds is 3. The molecule has 1 amide bonds. The molecule has 1 unspecified atom stereocenters. The fraction of sp³-hybridized carbons (Fsp3) is 0.235. The van der Waals surface area contributed by atoms with Crippen LogP contribution in [0.3, 0.4) is 0 Å². The number of aromatic amines is 1. The Morgan fingerprint density at radius 1 is 1.48 bits per heavy atom. The highest BCUT2D eigenvalue weighted by molar-refractivity contribution is 7.99. The van der Waals surface area contributed by atoms with Crippen LogP contribution in [0.5, 0.6) is 0 Å². The number of hydrogen-bond acceptors (Lipinski definition) is 5. The second kappa shape index (κ2) is 7.33. The summed E-state index contributed by atoms with van der Waals surface area (Å²) in [5.74, 6) is -0.152. The summed E-state index contributed by atoms with van der Waals surface area (Å²) in [6.45, 7) is 0. The van der Waals surface area contributed by atoms with Gasteiger partial charge in [-0.1, -0.05) is 0 Å². The van der Waals surface area contributed by atoms with E-state index in [4.69, 9.17) is 5.26 Å². The fourth-order valence-electron chi connectivity index (χ4n) is 2.68. The standard InChI is InChI=1S/C17H14FN3O2S2/c1-24-17-9(8-19)6-12(16(23)21-17)15(22)20-13-4-5-25-14-3-2-10(18)7-11(13)14/h2-3,6-7,13H,4-5H2,1H3,(H,20,22)(H,21,23). The van der Waals surface area contributed by atoms with Crippen LogP contribution in [0.25, 0.3) is 0 Å². The van der Waals surface area contributed by atoms with Gasteiger partial charge in [-0.3, -0.25) is 9.59 Å². The van der Waals surface area contributed by atoms with Crippen LogP contribution < -0.4 is 10.9 Å². The van der Waals surface area contributed by atoms with Crippen molar-refractivity contribution in [2.45, 2.75) is 22.4 Å². The molecular formula is C17H14FN3O2S2. The third kappa shape index (κ3) is 3.57. The summed E-state index contributed by atoms with van der Waals surface area (Å²) in [6, 6.07) is 7.39. The van der Waals surface area contributed by atoms with Gasteiger partial charge in [0.05, 0.1) is 16.6 Å². The molecule has 2 aromatic rings. The molecule has 5 nitrogen and oxygen atoms in total. The third-order valence-corrected chi connectivity index (χ3v) is 5.74. The Labute approximate surface area is 152 Å². The molecule has 0 spiro atoms. The van der Waals surface area contributed by atoms with Gasteiger partial charge in [0, 0.05) is 10.6 Å². The van der Waals surface area contributed by atoms with E-state index in [-0.39, 0.29) is 23.0 Å². The zero-order valence-electron chi connectivity index (χ0n) is 13.3. The van der Waals surface area contributed by atoms with Gasteiger partial charge in [0.2, 0.25) is 0 Å². The molecule has 0 aliphatic carbocycles. The molecule has 1 aromatic carbocycles. The van der Waals surface area contributed by atoms with Crippen LogP contribution in [-0.4, -0.2) is 22.9 Å². The summed E-state index contributed by atoms with van der Waals surface area (Å²) in [7, 11) is 0. The van der Waals surface area contributed by atoms with Crippen molar-refractivity contribution in [3.05, 3.63) is 57.1 Å². The van der Waals surface area contributed by atoms with Gasteiger partial charge in [0.1, 0.15) is 17.4 Å². The van der Waals surface area contributed by atoms with Crippen molar-refractivity contribution < 1.29 is 9.18 Å². The van der Waals surface area contributed by atoms with Crippen molar-refractivity contribution in [3.63, 3.8) is 0 Å². The first-order valence-corrected chi connectivity index (χ1v) is 9.69. The number of benzene rings is 1. The minimum absolute atomic E-state index is 0.120. The first kappa shape index (κ1) is 17.6. The summed E-state index contributed by atoms with van der Waals surface area (Å²) in [4.78, 5) is 28.2. The average Bonchev–Trinajstić information content (AvgIpc) is 2.61. The number of nitriles is 1. The van der Waals surface area contributed by atoms with Crippen molar-refractivity contribution in [1.29, 1.82) is 5.26 Å². The Morgan fingerprint density at radius 3 is 3.00 bits per heavy atom. The minimum atomic E-state index is -0.572. The van der Waals surface area contributed by atoms with Crippen LogP contribution in [0.2, 0.25) is 0 Å². The second-order valence-corrected chi connectivity index (χ2v) is 7.37. The Kier molecular flexibility index (Phi) is 5.16. The quantitative estimate of drug-likeness (QED) is 0.805. The van der Waals surface area contributed by atoms with Crippen molar-refractivity contribution in [3.8, 4) is 6.07 Å². The predicted octanol–water partition coefficient (Wildman–Crippen LogP) is 3.07. The van der Waals surface area contributed by atoms with E-state index in [1.165, 1.54) is 30.0 Å². The van der Waals surface area contributed by atoms with E-state index in [1.807, 2.05) is 6.07 Å². The summed E-state index contributed by atoms with van der Waals surface area (Å²) in [5, 5.41) is 12.4. The van der Waals surface area contributed by atoms with Crippen LogP contribution in [0.4, 0.5) is 4.39 Å². The Bertz CT molecular complexity index is 936. The number of nitrogens with one attached hydrogen (secondary N) is 2. The molecule has 1 aliphatic rings. The lowest BCUT2D eigenvalue weighted by Gasteiger charge is -2.26. The van der Waals surface area contributed by atoms with Crippen molar-refractivity contribution >= 4 is 29.4 Å². The average molecular weight is 375 g/mol. The van der Waals surface area contributed by atoms with Crippen LogP contribution in [-0.2, 0) is 0 Å². The number of nitrogens with zero attached hydrogens (tertiary/aromatic N) is 1. The molecule has 0 saturated carbocycles. The molecule has 8 heteroatoms. The fourth-order valence-corrected chi connectivity index (χ4v) is 4.30. The molecule has 1 aliphatic heterocycles. The first-order chi connectivity index (χ1) is 12.0. The number of fused-ring (bicyclic) bond motifs is 1. The SMILES string of the molecule is CSc1[nH]c(=O)c(C(=O)NC2CCSc3ccc(F)cc32)cc1C#N. The predicted molar refractivity (Wildman–Crippen MR) is 95.5 cm³/mol. The largest absolute Gasteiger partial charge is 0.345 e. The number of thioether (sulfide) groups is 2. The highest BCUT2D eigenvalue weighted by atomic mass is 32.2. The number of H-pyrrole nitrogens is 1. The Hall–Kier alpha value is -2.24.